The molecule has 0 unspecified atom stereocenters. The largest absolute Gasteiger partial charge is 0.355 e. The zero-order valence-corrected chi connectivity index (χ0v) is 14.7. The Labute approximate surface area is 143 Å². The van der Waals surface area contributed by atoms with Crippen LogP contribution < -0.4 is 5.32 Å². The second-order valence-electron chi connectivity index (χ2n) is 7.69. The molecule has 1 N–H and O–H groups in total. The molecule has 2 aliphatic carbocycles. The summed E-state index contributed by atoms with van der Waals surface area (Å²) in [5, 5.41) is 5.36. The molecule has 1 saturated heterocycles. The molecule has 23 heavy (non-hydrogen) atoms. The normalized spacial score (nSPS) is 25.6. The van der Waals surface area contributed by atoms with Crippen LogP contribution in [0.15, 0.2) is 17.5 Å². The highest BCUT2D eigenvalue weighted by Gasteiger charge is 2.52. The molecule has 0 aromatic carbocycles. The van der Waals surface area contributed by atoms with Crippen molar-refractivity contribution >= 4 is 17.2 Å². The standard InChI is InChI=1S/C19H28N2OS/c22-18(19(9-10-19)17-6-3-13-23-17)20-14-15-7-11-21(12-8-15)16-4-1-2-5-16/h3,6,13,15-16H,1-2,4-5,7-12,14H2,(H,20,22). The van der Waals surface area contributed by atoms with Crippen LogP contribution in [0.25, 0.3) is 0 Å². The number of hydrogen-bond acceptors (Lipinski definition) is 3. The first kappa shape index (κ1) is 15.6. The Bertz CT molecular complexity index is 524. The van der Waals surface area contributed by atoms with Crippen molar-refractivity contribution in [1.82, 2.24) is 10.2 Å². The molecule has 3 nitrogen and oxygen atoms in total. The van der Waals surface area contributed by atoms with Crippen LogP contribution in [-0.2, 0) is 10.2 Å². The minimum absolute atomic E-state index is 0.168. The second-order valence-corrected chi connectivity index (χ2v) is 8.63. The van der Waals surface area contributed by atoms with Crippen molar-refractivity contribution in [2.75, 3.05) is 19.6 Å². The third-order valence-corrected chi connectivity index (χ3v) is 7.29. The number of amides is 1. The summed E-state index contributed by atoms with van der Waals surface area (Å²) in [5.41, 5.74) is -0.168. The molecule has 0 radical (unpaired) electrons. The van der Waals surface area contributed by atoms with Crippen LogP contribution in [-0.4, -0.2) is 36.5 Å². The first-order valence-electron chi connectivity index (χ1n) is 9.34. The topological polar surface area (TPSA) is 32.3 Å². The van der Waals surface area contributed by atoms with E-state index in [-0.39, 0.29) is 11.3 Å². The summed E-state index contributed by atoms with van der Waals surface area (Å²) in [6.07, 6.45) is 10.2. The lowest BCUT2D eigenvalue weighted by molar-refractivity contribution is -0.123. The summed E-state index contributed by atoms with van der Waals surface area (Å²) in [6, 6.07) is 5.04. The van der Waals surface area contributed by atoms with Crippen molar-refractivity contribution in [3.63, 3.8) is 0 Å². The highest BCUT2D eigenvalue weighted by Crippen LogP contribution is 2.50. The summed E-state index contributed by atoms with van der Waals surface area (Å²) in [5.74, 6) is 0.953. The summed E-state index contributed by atoms with van der Waals surface area (Å²) >= 11 is 1.73. The molecule has 3 fully saturated rings. The molecule has 4 rings (SSSR count). The summed E-state index contributed by atoms with van der Waals surface area (Å²) in [7, 11) is 0. The van der Waals surface area contributed by atoms with Gasteiger partial charge in [-0.3, -0.25) is 4.79 Å². The fraction of sp³-hybridized carbons (Fsp3) is 0.737. The molecule has 3 aliphatic rings. The third-order valence-electron chi connectivity index (χ3n) is 6.22. The van der Waals surface area contributed by atoms with Crippen LogP contribution in [0.3, 0.4) is 0 Å². The SMILES string of the molecule is O=C(NCC1CCN(C2CCCC2)CC1)C1(c2cccs2)CC1. The van der Waals surface area contributed by atoms with Gasteiger partial charge in [0.1, 0.15) is 0 Å². The molecule has 1 aromatic heterocycles. The zero-order chi connectivity index (χ0) is 15.7. The number of likely N-dealkylation sites (tertiary alicyclic amines) is 1. The molecule has 1 amide bonds. The number of nitrogens with one attached hydrogen (secondary N) is 1. The number of hydrogen-bond donors (Lipinski definition) is 1. The predicted molar refractivity (Wildman–Crippen MR) is 94.8 cm³/mol. The molecule has 1 aromatic rings. The van der Waals surface area contributed by atoms with E-state index in [1.807, 2.05) is 0 Å². The lowest BCUT2D eigenvalue weighted by Crippen LogP contribution is -2.44. The Morgan fingerprint density at radius 2 is 1.96 bits per heavy atom. The van der Waals surface area contributed by atoms with Gasteiger partial charge in [0.15, 0.2) is 0 Å². The molecule has 0 spiro atoms. The van der Waals surface area contributed by atoms with Crippen LogP contribution in [0.1, 0.15) is 56.2 Å². The Morgan fingerprint density at radius 1 is 1.22 bits per heavy atom. The summed E-state index contributed by atoms with van der Waals surface area (Å²) in [6.45, 7) is 3.35. The molecule has 0 bridgehead atoms. The van der Waals surface area contributed by atoms with Gasteiger partial charge in [0.2, 0.25) is 5.91 Å². The smallest absolute Gasteiger partial charge is 0.231 e. The van der Waals surface area contributed by atoms with Crippen LogP contribution in [0, 0.1) is 5.92 Å². The van der Waals surface area contributed by atoms with Crippen molar-refractivity contribution < 1.29 is 4.79 Å². The van der Waals surface area contributed by atoms with E-state index in [0.717, 1.165) is 25.4 Å². The Balaban J connectivity index is 1.24. The second kappa shape index (κ2) is 6.56. The van der Waals surface area contributed by atoms with Crippen molar-refractivity contribution in [2.45, 2.75) is 62.8 Å². The molecule has 0 atom stereocenters. The van der Waals surface area contributed by atoms with Crippen molar-refractivity contribution in [3.05, 3.63) is 22.4 Å². The highest BCUT2D eigenvalue weighted by molar-refractivity contribution is 7.10. The fourth-order valence-electron chi connectivity index (χ4n) is 4.46. The highest BCUT2D eigenvalue weighted by atomic mass is 32.1. The van der Waals surface area contributed by atoms with E-state index in [0.29, 0.717) is 5.92 Å². The molecule has 126 valence electrons. The number of piperidine rings is 1. The van der Waals surface area contributed by atoms with E-state index in [1.165, 1.54) is 56.5 Å². The molecular formula is C19H28N2OS. The van der Waals surface area contributed by atoms with E-state index >= 15 is 0 Å². The summed E-state index contributed by atoms with van der Waals surface area (Å²) in [4.78, 5) is 16.6. The van der Waals surface area contributed by atoms with Crippen LogP contribution in [0.5, 0.6) is 0 Å². The van der Waals surface area contributed by atoms with E-state index < -0.39 is 0 Å². The maximum Gasteiger partial charge on any atom is 0.231 e. The van der Waals surface area contributed by atoms with Crippen LogP contribution in [0.2, 0.25) is 0 Å². The zero-order valence-electron chi connectivity index (χ0n) is 13.9. The lowest BCUT2D eigenvalue weighted by Gasteiger charge is -2.36. The van der Waals surface area contributed by atoms with Gasteiger partial charge in [0.05, 0.1) is 5.41 Å². The van der Waals surface area contributed by atoms with Gasteiger partial charge in [-0.2, -0.15) is 0 Å². The molecule has 1 aliphatic heterocycles. The fourth-order valence-corrected chi connectivity index (χ4v) is 5.44. The van der Waals surface area contributed by atoms with Gasteiger partial charge in [-0.15, -0.1) is 11.3 Å². The number of rotatable bonds is 5. The maximum absolute atomic E-state index is 12.6. The van der Waals surface area contributed by atoms with Crippen LogP contribution >= 0.6 is 11.3 Å². The minimum atomic E-state index is -0.168. The first-order chi connectivity index (χ1) is 11.3. The van der Waals surface area contributed by atoms with E-state index in [9.17, 15) is 4.79 Å². The Kier molecular flexibility index (Phi) is 4.46. The van der Waals surface area contributed by atoms with Gasteiger partial charge >= 0.3 is 0 Å². The Hall–Kier alpha value is -0.870. The summed E-state index contributed by atoms with van der Waals surface area (Å²) < 4.78 is 0. The van der Waals surface area contributed by atoms with E-state index in [4.69, 9.17) is 0 Å². The Morgan fingerprint density at radius 3 is 2.57 bits per heavy atom. The van der Waals surface area contributed by atoms with Gasteiger partial charge in [0.25, 0.3) is 0 Å². The number of thiophene rings is 1. The van der Waals surface area contributed by atoms with E-state index in [2.05, 4.69) is 27.7 Å². The quantitative estimate of drug-likeness (QED) is 0.894. The van der Waals surface area contributed by atoms with Gasteiger partial charge in [-0.05, 0) is 69.0 Å². The predicted octanol–water partition coefficient (Wildman–Crippen LogP) is 3.55. The maximum atomic E-state index is 12.6. The van der Waals surface area contributed by atoms with Crippen molar-refractivity contribution in [1.29, 1.82) is 0 Å². The van der Waals surface area contributed by atoms with Gasteiger partial charge in [0, 0.05) is 17.5 Å². The first-order valence-corrected chi connectivity index (χ1v) is 10.2. The molecule has 4 heteroatoms. The van der Waals surface area contributed by atoms with Crippen molar-refractivity contribution in [3.8, 4) is 0 Å². The number of carbonyl (C=O) groups excluding carboxylic acids is 1. The number of nitrogens with zero attached hydrogens (tertiary/aromatic N) is 1. The van der Waals surface area contributed by atoms with Crippen molar-refractivity contribution in [2.24, 2.45) is 5.92 Å². The van der Waals surface area contributed by atoms with Gasteiger partial charge in [-0.25, -0.2) is 0 Å². The van der Waals surface area contributed by atoms with E-state index in [1.54, 1.807) is 11.3 Å². The average molecular weight is 333 g/mol. The molecular weight excluding hydrogens is 304 g/mol. The molecule has 2 saturated carbocycles. The monoisotopic (exact) mass is 332 g/mol. The average Bonchev–Trinajstić information content (AvgIpc) is 3.02. The number of carbonyl (C=O) groups is 1. The van der Waals surface area contributed by atoms with Gasteiger partial charge in [-0.1, -0.05) is 18.9 Å². The van der Waals surface area contributed by atoms with Gasteiger partial charge < -0.3 is 10.2 Å². The minimum Gasteiger partial charge on any atom is -0.355 e. The lowest BCUT2D eigenvalue weighted by atomic mass is 9.94. The van der Waals surface area contributed by atoms with Crippen LogP contribution in [0.4, 0.5) is 0 Å². The molecule has 2 heterocycles. The third kappa shape index (κ3) is 3.20.